The molecule has 3 amide bonds. The van der Waals surface area contributed by atoms with Crippen molar-refractivity contribution in [2.45, 2.75) is 46.1 Å². The fourth-order valence-electron chi connectivity index (χ4n) is 5.09. The maximum absolute atomic E-state index is 13.7. The van der Waals surface area contributed by atoms with Gasteiger partial charge in [0.2, 0.25) is 5.91 Å². The van der Waals surface area contributed by atoms with E-state index in [-0.39, 0.29) is 34.5 Å². The molecule has 0 bridgehead atoms. The number of hydrogen-bond donors (Lipinski definition) is 3. The topological polar surface area (TPSA) is 147 Å². The number of piperazine rings is 1. The lowest BCUT2D eigenvalue weighted by atomic mass is 9.81. The summed E-state index contributed by atoms with van der Waals surface area (Å²) in [5.74, 6) is -0.891. The molecule has 11 heteroatoms. The molecule has 4 N–H and O–H groups in total. The van der Waals surface area contributed by atoms with Gasteiger partial charge in [-0.2, -0.15) is 0 Å². The highest BCUT2D eigenvalue weighted by atomic mass is 16.3. The van der Waals surface area contributed by atoms with Crippen LogP contribution in [0.25, 0.3) is 5.69 Å². The first-order chi connectivity index (χ1) is 18.1. The van der Waals surface area contributed by atoms with Crippen LogP contribution >= 0.6 is 0 Å². The Morgan fingerprint density at radius 2 is 2.03 bits per heavy atom. The Kier molecular flexibility index (Phi) is 6.56. The first kappa shape index (κ1) is 25.7. The highest BCUT2D eigenvalue weighted by Gasteiger charge is 2.35. The molecule has 1 saturated heterocycles. The third-order valence-corrected chi connectivity index (χ3v) is 7.34. The quantitative estimate of drug-likeness (QED) is 0.530. The zero-order valence-corrected chi connectivity index (χ0v) is 21.7. The predicted molar refractivity (Wildman–Crippen MR) is 141 cm³/mol. The number of rotatable bonds is 6. The van der Waals surface area contributed by atoms with Crippen molar-refractivity contribution in [1.82, 2.24) is 19.7 Å². The van der Waals surface area contributed by atoms with E-state index < -0.39 is 12.5 Å². The average molecular weight is 520 g/mol. The zero-order chi connectivity index (χ0) is 27.2. The second-order valence-corrected chi connectivity index (χ2v) is 11.0. The van der Waals surface area contributed by atoms with Crippen LogP contribution in [0.15, 0.2) is 42.4 Å². The lowest BCUT2D eigenvalue weighted by Crippen LogP contribution is -2.50. The van der Waals surface area contributed by atoms with E-state index >= 15 is 0 Å². The van der Waals surface area contributed by atoms with Crippen LogP contribution in [-0.2, 0) is 16.2 Å². The summed E-state index contributed by atoms with van der Waals surface area (Å²) in [5, 5.41) is 17.5. The number of carbonyl (C=O) groups excluding carboxylic acids is 3. The van der Waals surface area contributed by atoms with Crippen LogP contribution < -0.4 is 16.0 Å². The Morgan fingerprint density at radius 1 is 1.26 bits per heavy atom. The molecule has 0 aromatic carbocycles. The number of aliphatic hydroxyl groups is 1. The minimum atomic E-state index is -0.742. The molecule has 200 valence electrons. The molecule has 3 aliphatic rings. The SMILES string of the molecule is C=C1/C=C2/C(=O)N(c3nccc(-n4cc(C(N)=O)c(NC(=O)C5CC5)n4)c3CO)CCN2CCC(C)(C)C1. The molecule has 1 saturated carbocycles. The number of carbonyl (C=O) groups is 3. The summed E-state index contributed by atoms with van der Waals surface area (Å²) in [6.45, 7) is 9.93. The summed E-state index contributed by atoms with van der Waals surface area (Å²) < 4.78 is 1.37. The minimum absolute atomic E-state index is 0.0482. The van der Waals surface area contributed by atoms with Crippen LogP contribution in [0, 0.1) is 11.3 Å². The summed E-state index contributed by atoms with van der Waals surface area (Å²) in [6, 6.07) is 1.62. The fourth-order valence-corrected chi connectivity index (χ4v) is 5.09. The first-order valence-corrected chi connectivity index (χ1v) is 12.8. The van der Waals surface area contributed by atoms with Crippen LogP contribution in [0.4, 0.5) is 11.6 Å². The molecule has 2 aromatic rings. The molecular formula is C27H33N7O4. The molecule has 0 unspecified atom stereocenters. The minimum Gasteiger partial charge on any atom is -0.391 e. The van der Waals surface area contributed by atoms with Crippen molar-refractivity contribution in [2.75, 3.05) is 29.9 Å². The number of aliphatic hydroxyl groups excluding tert-OH is 1. The maximum atomic E-state index is 13.7. The number of anilines is 2. The lowest BCUT2D eigenvalue weighted by Gasteiger charge is -2.41. The van der Waals surface area contributed by atoms with E-state index in [1.165, 1.54) is 17.1 Å². The molecule has 0 spiro atoms. The van der Waals surface area contributed by atoms with Gasteiger partial charge < -0.3 is 21.1 Å². The van der Waals surface area contributed by atoms with E-state index in [1.807, 2.05) is 6.08 Å². The molecule has 11 nitrogen and oxygen atoms in total. The summed E-state index contributed by atoms with van der Waals surface area (Å²) in [4.78, 5) is 46.2. The third-order valence-electron chi connectivity index (χ3n) is 7.34. The van der Waals surface area contributed by atoms with E-state index in [4.69, 9.17) is 5.73 Å². The van der Waals surface area contributed by atoms with Gasteiger partial charge in [0.15, 0.2) is 5.82 Å². The summed E-state index contributed by atoms with van der Waals surface area (Å²) >= 11 is 0. The van der Waals surface area contributed by atoms with Gasteiger partial charge in [-0.1, -0.05) is 26.0 Å². The van der Waals surface area contributed by atoms with Crippen molar-refractivity contribution in [3.8, 4) is 5.69 Å². The summed E-state index contributed by atoms with van der Waals surface area (Å²) in [6.07, 6.45) is 8.12. The third kappa shape index (κ3) is 4.93. The van der Waals surface area contributed by atoms with Crippen molar-refractivity contribution in [2.24, 2.45) is 17.1 Å². The summed E-state index contributed by atoms with van der Waals surface area (Å²) in [7, 11) is 0. The van der Waals surface area contributed by atoms with Crippen molar-refractivity contribution in [3.05, 3.63) is 53.5 Å². The number of fused-ring (bicyclic) bond motifs is 1. The number of nitrogens with zero attached hydrogens (tertiary/aromatic N) is 5. The maximum Gasteiger partial charge on any atom is 0.275 e. The molecule has 5 rings (SSSR count). The number of pyridine rings is 1. The van der Waals surface area contributed by atoms with Gasteiger partial charge >= 0.3 is 0 Å². The van der Waals surface area contributed by atoms with E-state index in [0.717, 1.165) is 37.8 Å². The van der Waals surface area contributed by atoms with Crippen LogP contribution in [0.5, 0.6) is 0 Å². The van der Waals surface area contributed by atoms with Gasteiger partial charge in [-0.3, -0.25) is 19.3 Å². The van der Waals surface area contributed by atoms with E-state index in [2.05, 4.69) is 40.7 Å². The van der Waals surface area contributed by atoms with Crippen LogP contribution in [-0.4, -0.2) is 62.1 Å². The number of nitrogens with two attached hydrogens (primary N) is 1. The standard InChI is InChI=1S/C27H33N7O4/c1-16-12-21-26(38)33(11-10-32(21)9-7-27(2,3)13-16)24-19(15-35)20(6-8-29-24)34-14-18(22(28)36)23(31-34)30-25(37)17-4-5-17/h6,8,12,14,17,35H,1,4-5,7,9-11,13,15H2,2-3H3,(H2,28,36)(H,30,31,37)/b21-12-. The highest BCUT2D eigenvalue weighted by Crippen LogP contribution is 2.35. The van der Waals surface area contributed by atoms with Gasteiger partial charge in [-0.15, -0.1) is 5.10 Å². The molecule has 0 atom stereocenters. The Hall–Kier alpha value is -3.99. The Balaban J connectivity index is 1.50. The number of amides is 3. The first-order valence-electron chi connectivity index (χ1n) is 12.8. The van der Waals surface area contributed by atoms with Gasteiger partial charge in [-0.05, 0) is 43.2 Å². The van der Waals surface area contributed by atoms with Crippen molar-refractivity contribution in [1.29, 1.82) is 0 Å². The van der Waals surface area contributed by atoms with Gasteiger partial charge in [0.25, 0.3) is 11.8 Å². The largest absolute Gasteiger partial charge is 0.391 e. The molecular weight excluding hydrogens is 486 g/mol. The number of nitrogens with one attached hydrogen (secondary N) is 1. The monoisotopic (exact) mass is 519 g/mol. The van der Waals surface area contributed by atoms with Crippen LogP contribution in [0.3, 0.4) is 0 Å². The molecule has 38 heavy (non-hydrogen) atoms. The van der Waals surface area contributed by atoms with E-state index in [0.29, 0.717) is 35.9 Å². The van der Waals surface area contributed by atoms with E-state index in [1.54, 1.807) is 11.0 Å². The highest BCUT2D eigenvalue weighted by molar-refractivity contribution is 6.06. The van der Waals surface area contributed by atoms with Gasteiger partial charge in [-0.25, -0.2) is 9.67 Å². The smallest absolute Gasteiger partial charge is 0.275 e. The van der Waals surface area contributed by atoms with Crippen LogP contribution in [0.1, 0.15) is 55.5 Å². The fraction of sp³-hybridized carbons (Fsp3) is 0.444. The molecule has 1 aliphatic carbocycles. The number of allylic oxidation sites excluding steroid dienone is 2. The second-order valence-electron chi connectivity index (χ2n) is 11.0. The molecule has 2 fully saturated rings. The second kappa shape index (κ2) is 9.71. The van der Waals surface area contributed by atoms with Crippen molar-refractivity contribution < 1.29 is 19.5 Å². The lowest BCUT2D eigenvalue weighted by molar-refractivity contribution is -0.118. The molecule has 2 aromatic heterocycles. The summed E-state index contributed by atoms with van der Waals surface area (Å²) in [5.41, 5.74) is 7.93. The number of aromatic nitrogens is 3. The Bertz CT molecular complexity index is 1360. The molecule has 4 heterocycles. The molecule has 0 radical (unpaired) electrons. The normalized spacial score (nSPS) is 20.8. The number of primary amides is 1. The molecule has 2 aliphatic heterocycles. The van der Waals surface area contributed by atoms with Crippen LogP contribution in [0.2, 0.25) is 0 Å². The number of hydrogen-bond acceptors (Lipinski definition) is 7. The van der Waals surface area contributed by atoms with Gasteiger partial charge in [0.05, 0.1) is 12.3 Å². The van der Waals surface area contributed by atoms with Crippen molar-refractivity contribution in [3.63, 3.8) is 0 Å². The average Bonchev–Trinajstić information content (AvgIpc) is 3.63. The van der Waals surface area contributed by atoms with Crippen molar-refractivity contribution >= 4 is 29.4 Å². The van der Waals surface area contributed by atoms with Gasteiger partial charge in [0.1, 0.15) is 17.1 Å². The van der Waals surface area contributed by atoms with Gasteiger partial charge in [0, 0.05) is 43.5 Å². The zero-order valence-electron chi connectivity index (χ0n) is 21.7. The van der Waals surface area contributed by atoms with E-state index in [9.17, 15) is 19.5 Å². The Morgan fingerprint density at radius 3 is 2.71 bits per heavy atom. The Labute approximate surface area is 221 Å². The predicted octanol–water partition coefficient (Wildman–Crippen LogP) is 2.12.